The SMILES string of the molecule is CCCCN1CC(OC(=O)c2ccccc2)CC(C)(C)C1. The molecule has 0 aliphatic carbocycles. The van der Waals surface area contributed by atoms with Crippen molar-refractivity contribution in [3.05, 3.63) is 35.9 Å². The van der Waals surface area contributed by atoms with Crippen molar-refractivity contribution in [3.63, 3.8) is 0 Å². The van der Waals surface area contributed by atoms with Crippen molar-refractivity contribution in [1.29, 1.82) is 0 Å². The number of ether oxygens (including phenoxy) is 1. The third kappa shape index (κ3) is 4.85. The molecule has 1 aromatic carbocycles. The average molecular weight is 289 g/mol. The summed E-state index contributed by atoms with van der Waals surface area (Å²) < 4.78 is 5.74. The van der Waals surface area contributed by atoms with E-state index in [1.807, 2.05) is 30.3 Å². The maximum absolute atomic E-state index is 12.2. The molecule has 0 saturated carbocycles. The fraction of sp³-hybridized carbons (Fsp3) is 0.611. The predicted octanol–water partition coefficient (Wildman–Crippen LogP) is 3.74. The van der Waals surface area contributed by atoms with E-state index in [0.717, 1.165) is 26.1 Å². The average Bonchev–Trinajstić information content (AvgIpc) is 2.44. The van der Waals surface area contributed by atoms with Gasteiger partial charge in [0.15, 0.2) is 0 Å². The van der Waals surface area contributed by atoms with E-state index in [-0.39, 0.29) is 17.5 Å². The van der Waals surface area contributed by atoms with Gasteiger partial charge in [-0.3, -0.25) is 4.90 Å². The first-order chi connectivity index (χ1) is 10.00. The summed E-state index contributed by atoms with van der Waals surface area (Å²) in [7, 11) is 0. The summed E-state index contributed by atoms with van der Waals surface area (Å²) in [6.45, 7) is 9.78. The number of benzene rings is 1. The smallest absolute Gasteiger partial charge is 0.338 e. The van der Waals surface area contributed by atoms with Crippen molar-refractivity contribution >= 4 is 5.97 Å². The molecule has 0 spiro atoms. The van der Waals surface area contributed by atoms with Crippen molar-refractivity contribution in [2.75, 3.05) is 19.6 Å². The summed E-state index contributed by atoms with van der Waals surface area (Å²) in [5, 5.41) is 0. The van der Waals surface area contributed by atoms with Gasteiger partial charge in [0.2, 0.25) is 0 Å². The Morgan fingerprint density at radius 2 is 2.05 bits per heavy atom. The topological polar surface area (TPSA) is 29.5 Å². The molecule has 3 nitrogen and oxygen atoms in total. The van der Waals surface area contributed by atoms with Gasteiger partial charge in [-0.25, -0.2) is 4.79 Å². The predicted molar refractivity (Wildman–Crippen MR) is 85.4 cm³/mol. The first-order valence-corrected chi connectivity index (χ1v) is 7.98. The Morgan fingerprint density at radius 1 is 1.33 bits per heavy atom. The second kappa shape index (κ2) is 7.08. The minimum absolute atomic E-state index is 0.00156. The van der Waals surface area contributed by atoms with Crippen LogP contribution in [0.4, 0.5) is 0 Å². The van der Waals surface area contributed by atoms with Gasteiger partial charge in [0, 0.05) is 13.1 Å². The second-order valence-corrected chi connectivity index (χ2v) is 6.85. The molecule has 0 aromatic heterocycles. The number of rotatable bonds is 5. The second-order valence-electron chi connectivity index (χ2n) is 6.85. The van der Waals surface area contributed by atoms with Crippen molar-refractivity contribution < 1.29 is 9.53 Å². The Kier molecular flexibility index (Phi) is 5.40. The van der Waals surface area contributed by atoms with Gasteiger partial charge < -0.3 is 4.74 Å². The number of nitrogens with zero attached hydrogens (tertiary/aromatic N) is 1. The summed E-state index contributed by atoms with van der Waals surface area (Å²) in [6.07, 6.45) is 3.34. The van der Waals surface area contributed by atoms with Crippen LogP contribution in [0.25, 0.3) is 0 Å². The first-order valence-electron chi connectivity index (χ1n) is 7.98. The van der Waals surface area contributed by atoms with Crippen LogP contribution in [0.3, 0.4) is 0 Å². The van der Waals surface area contributed by atoms with Crippen LogP contribution in [-0.4, -0.2) is 36.6 Å². The molecule has 0 N–H and O–H groups in total. The molecule has 1 atom stereocenters. The van der Waals surface area contributed by atoms with E-state index < -0.39 is 0 Å². The van der Waals surface area contributed by atoms with E-state index in [0.29, 0.717) is 5.56 Å². The quantitative estimate of drug-likeness (QED) is 0.773. The van der Waals surface area contributed by atoms with Crippen LogP contribution in [0.2, 0.25) is 0 Å². The first kappa shape index (κ1) is 16.0. The molecule has 116 valence electrons. The monoisotopic (exact) mass is 289 g/mol. The zero-order valence-electron chi connectivity index (χ0n) is 13.5. The minimum atomic E-state index is -0.200. The standard InChI is InChI=1S/C18H27NO2/c1-4-5-11-19-13-16(12-18(2,3)14-19)21-17(20)15-9-7-6-8-10-15/h6-10,16H,4-5,11-14H2,1-3H3. The highest BCUT2D eigenvalue weighted by molar-refractivity contribution is 5.89. The molecule has 21 heavy (non-hydrogen) atoms. The number of carbonyl (C=O) groups excluding carboxylic acids is 1. The Morgan fingerprint density at radius 3 is 2.71 bits per heavy atom. The van der Waals surface area contributed by atoms with E-state index >= 15 is 0 Å². The van der Waals surface area contributed by atoms with Crippen molar-refractivity contribution in [2.45, 2.75) is 46.1 Å². The summed E-state index contributed by atoms with van der Waals surface area (Å²) in [4.78, 5) is 14.6. The van der Waals surface area contributed by atoms with Crippen LogP contribution in [-0.2, 0) is 4.74 Å². The number of piperidine rings is 1. The molecule has 2 rings (SSSR count). The molecule has 1 fully saturated rings. The number of unbranched alkanes of at least 4 members (excludes halogenated alkanes) is 1. The molecule has 1 aliphatic heterocycles. The Bertz CT molecular complexity index is 456. The fourth-order valence-corrected chi connectivity index (χ4v) is 3.13. The van der Waals surface area contributed by atoms with E-state index in [1.54, 1.807) is 0 Å². The Labute approximate surface area is 128 Å². The van der Waals surface area contributed by atoms with Crippen molar-refractivity contribution in [3.8, 4) is 0 Å². The number of likely N-dealkylation sites (tertiary alicyclic amines) is 1. The van der Waals surface area contributed by atoms with Gasteiger partial charge in [-0.1, -0.05) is 45.4 Å². The highest BCUT2D eigenvalue weighted by Crippen LogP contribution is 2.30. The highest BCUT2D eigenvalue weighted by Gasteiger charge is 2.34. The maximum Gasteiger partial charge on any atom is 0.338 e. The molecular formula is C18H27NO2. The summed E-state index contributed by atoms with van der Waals surface area (Å²) in [6, 6.07) is 9.27. The van der Waals surface area contributed by atoms with E-state index in [2.05, 4.69) is 25.7 Å². The molecule has 0 amide bonds. The third-order valence-corrected chi connectivity index (χ3v) is 4.00. The highest BCUT2D eigenvalue weighted by atomic mass is 16.5. The van der Waals surface area contributed by atoms with Crippen LogP contribution >= 0.6 is 0 Å². The molecule has 1 heterocycles. The number of esters is 1. The van der Waals surface area contributed by atoms with E-state index in [9.17, 15) is 4.79 Å². The lowest BCUT2D eigenvalue weighted by Gasteiger charge is -2.42. The van der Waals surface area contributed by atoms with Gasteiger partial charge in [0.05, 0.1) is 5.56 Å². The maximum atomic E-state index is 12.2. The fourth-order valence-electron chi connectivity index (χ4n) is 3.13. The van der Waals surface area contributed by atoms with Gasteiger partial charge in [0.25, 0.3) is 0 Å². The minimum Gasteiger partial charge on any atom is -0.457 e. The molecule has 1 aromatic rings. The molecule has 3 heteroatoms. The Hall–Kier alpha value is -1.35. The van der Waals surface area contributed by atoms with Gasteiger partial charge in [-0.05, 0) is 36.9 Å². The van der Waals surface area contributed by atoms with Crippen LogP contribution in [0, 0.1) is 5.41 Å². The molecule has 1 aliphatic rings. The molecule has 0 radical (unpaired) electrons. The van der Waals surface area contributed by atoms with Gasteiger partial charge in [-0.2, -0.15) is 0 Å². The molecular weight excluding hydrogens is 262 g/mol. The molecule has 1 saturated heterocycles. The van der Waals surface area contributed by atoms with Gasteiger partial charge >= 0.3 is 5.97 Å². The molecule has 0 bridgehead atoms. The third-order valence-electron chi connectivity index (χ3n) is 4.00. The molecule has 1 unspecified atom stereocenters. The van der Waals surface area contributed by atoms with Crippen LogP contribution < -0.4 is 0 Å². The zero-order chi connectivity index (χ0) is 15.3. The number of hydrogen-bond donors (Lipinski definition) is 0. The van der Waals surface area contributed by atoms with Crippen LogP contribution in [0.5, 0.6) is 0 Å². The summed E-state index contributed by atoms with van der Waals surface area (Å²) in [5.74, 6) is -0.200. The number of carbonyl (C=O) groups is 1. The van der Waals surface area contributed by atoms with Crippen molar-refractivity contribution in [2.24, 2.45) is 5.41 Å². The van der Waals surface area contributed by atoms with Gasteiger partial charge in [-0.15, -0.1) is 0 Å². The van der Waals surface area contributed by atoms with E-state index in [1.165, 1.54) is 12.8 Å². The summed E-state index contributed by atoms with van der Waals surface area (Å²) in [5.41, 5.74) is 0.842. The van der Waals surface area contributed by atoms with E-state index in [4.69, 9.17) is 4.74 Å². The van der Waals surface area contributed by atoms with Crippen LogP contribution in [0.1, 0.15) is 50.4 Å². The largest absolute Gasteiger partial charge is 0.457 e. The van der Waals surface area contributed by atoms with Crippen LogP contribution in [0.15, 0.2) is 30.3 Å². The number of hydrogen-bond acceptors (Lipinski definition) is 3. The Balaban J connectivity index is 1.96. The lowest BCUT2D eigenvalue weighted by atomic mass is 9.82. The lowest BCUT2D eigenvalue weighted by Crippen LogP contribution is -2.48. The van der Waals surface area contributed by atoms with Gasteiger partial charge in [0.1, 0.15) is 6.10 Å². The van der Waals surface area contributed by atoms with Crippen molar-refractivity contribution in [1.82, 2.24) is 4.90 Å². The zero-order valence-corrected chi connectivity index (χ0v) is 13.5. The lowest BCUT2D eigenvalue weighted by molar-refractivity contribution is -0.0233. The normalized spacial score (nSPS) is 22.0. The summed E-state index contributed by atoms with van der Waals surface area (Å²) >= 11 is 0.